The predicted molar refractivity (Wildman–Crippen MR) is 129 cm³/mol. The molecule has 1 atom stereocenters. The van der Waals surface area contributed by atoms with E-state index in [2.05, 4.69) is 36.2 Å². The van der Waals surface area contributed by atoms with Crippen LogP contribution in [-0.2, 0) is 11.3 Å². The summed E-state index contributed by atoms with van der Waals surface area (Å²) in [6, 6.07) is 27.6. The molecule has 0 N–H and O–H groups in total. The molecule has 4 aromatic carbocycles. The molecule has 0 saturated heterocycles. The highest BCUT2D eigenvalue weighted by Gasteiger charge is 2.26. The molecule has 0 amide bonds. The van der Waals surface area contributed by atoms with E-state index in [0.29, 0.717) is 6.61 Å². The van der Waals surface area contributed by atoms with Crippen LogP contribution in [-0.4, -0.2) is 12.5 Å². The molecule has 0 fully saturated rings. The minimum Gasteiger partial charge on any atom is -0.489 e. The van der Waals surface area contributed by atoms with Crippen LogP contribution in [0.5, 0.6) is 5.75 Å². The van der Waals surface area contributed by atoms with Crippen molar-refractivity contribution in [3.63, 3.8) is 0 Å². The summed E-state index contributed by atoms with van der Waals surface area (Å²) in [5, 5.41) is 0. The van der Waals surface area contributed by atoms with Gasteiger partial charge in [0, 0.05) is 0 Å². The van der Waals surface area contributed by atoms with Crippen molar-refractivity contribution < 1.29 is 18.3 Å². The van der Waals surface area contributed by atoms with Crippen LogP contribution in [0.3, 0.4) is 0 Å². The van der Waals surface area contributed by atoms with E-state index in [4.69, 9.17) is 9.47 Å². The van der Waals surface area contributed by atoms with Crippen LogP contribution < -0.4 is 4.74 Å². The van der Waals surface area contributed by atoms with Gasteiger partial charge < -0.3 is 9.47 Å². The van der Waals surface area contributed by atoms with Crippen LogP contribution in [0.2, 0.25) is 0 Å². The lowest BCUT2D eigenvalue weighted by atomic mass is 10.0. The molecule has 1 aliphatic rings. The maximum Gasteiger partial charge on any atom is 0.222 e. The van der Waals surface area contributed by atoms with Crippen molar-refractivity contribution in [2.24, 2.45) is 4.99 Å². The number of nitrogens with zero attached hydrogens (tertiary/aromatic N) is 1. The van der Waals surface area contributed by atoms with E-state index >= 15 is 0 Å². The number of aryl methyl sites for hydroxylation is 1. The largest absolute Gasteiger partial charge is 0.489 e. The normalized spacial score (nSPS) is 15.0. The van der Waals surface area contributed by atoms with E-state index in [1.165, 1.54) is 23.8 Å². The van der Waals surface area contributed by atoms with Gasteiger partial charge >= 0.3 is 0 Å². The maximum absolute atomic E-state index is 14.0. The summed E-state index contributed by atoms with van der Waals surface area (Å²) in [5.41, 5.74) is 5.18. The zero-order valence-corrected chi connectivity index (χ0v) is 18.7. The van der Waals surface area contributed by atoms with E-state index in [1.54, 1.807) is 0 Å². The van der Waals surface area contributed by atoms with Crippen LogP contribution in [0.25, 0.3) is 11.1 Å². The number of ether oxygens (including phenoxy) is 2. The van der Waals surface area contributed by atoms with Crippen molar-refractivity contribution in [2.75, 3.05) is 6.61 Å². The van der Waals surface area contributed by atoms with Crippen molar-refractivity contribution in [2.45, 2.75) is 19.6 Å². The van der Waals surface area contributed by atoms with Gasteiger partial charge in [0.15, 0.2) is 0 Å². The van der Waals surface area contributed by atoms with Gasteiger partial charge in [-0.05, 0) is 53.4 Å². The lowest BCUT2D eigenvalue weighted by Gasteiger charge is -2.09. The second-order valence-corrected chi connectivity index (χ2v) is 8.28. The zero-order valence-electron chi connectivity index (χ0n) is 18.7. The number of hydrogen-bond donors (Lipinski definition) is 0. The highest BCUT2D eigenvalue weighted by atomic mass is 19.1. The standard InChI is InChI=1S/C29H23F2NO2/c1-19-5-7-20(8-6-19)17-33-24-15-13-22(14-16-24)21-9-11-23(12-10-21)27-18-34-29(32-27)28-25(30)3-2-4-26(28)31/h2-16,27H,17-18H2,1H3. The van der Waals surface area contributed by atoms with Gasteiger partial charge in [-0.25, -0.2) is 13.8 Å². The smallest absolute Gasteiger partial charge is 0.222 e. The van der Waals surface area contributed by atoms with E-state index in [9.17, 15) is 8.78 Å². The summed E-state index contributed by atoms with van der Waals surface area (Å²) in [6.07, 6.45) is 0. The first-order chi connectivity index (χ1) is 16.6. The predicted octanol–water partition coefficient (Wildman–Crippen LogP) is 7.04. The van der Waals surface area contributed by atoms with Crippen molar-refractivity contribution in [1.29, 1.82) is 0 Å². The van der Waals surface area contributed by atoms with Gasteiger partial charge in [-0.2, -0.15) is 0 Å². The fourth-order valence-corrected chi connectivity index (χ4v) is 3.88. The summed E-state index contributed by atoms with van der Waals surface area (Å²) in [5.74, 6) is -0.542. The van der Waals surface area contributed by atoms with Gasteiger partial charge in [-0.3, -0.25) is 0 Å². The average molecular weight is 456 g/mol. The zero-order chi connectivity index (χ0) is 23.5. The molecule has 1 aliphatic heterocycles. The third kappa shape index (κ3) is 4.69. The van der Waals surface area contributed by atoms with Crippen LogP contribution in [0, 0.1) is 18.6 Å². The lowest BCUT2D eigenvalue weighted by Crippen LogP contribution is -2.07. The quantitative estimate of drug-likeness (QED) is 0.312. The van der Waals surface area contributed by atoms with E-state index in [0.717, 1.165) is 28.0 Å². The molecule has 0 bridgehead atoms. The van der Waals surface area contributed by atoms with Gasteiger partial charge in [0.2, 0.25) is 5.90 Å². The first-order valence-electron chi connectivity index (χ1n) is 11.1. The van der Waals surface area contributed by atoms with Gasteiger partial charge in [0.1, 0.15) is 42.2 Å². The fourth-order valence-electron chi connectivity index (χ4n) is 3.88. The Morgan fingerprint density at radius 2 is 1.44 bits per heavy atom. The molecule has 3 nitrogen and oxygen atoms in total. The Morgan fingerprint density at radius 1 is 0.824 bits per heavy atom. The highest BCUT2D eigenvalue weighted by Crippen LogP contribution is 2.29. The molecule has 1 heterocycles. The maximum atomic E-state index is 14.0. The summed E-state index contributed by atoms with van der Waals surface area (Å²) in [4.78, 5) is 4.41. The number of benzene rings is 4. The van der Waals surface area contributed by atoms with Gasteiger partial charge in [0.25, 0.3) is 0 Å². The van der Waals surface area contributed by atoms with E-state index < -0.39 is 11.6 Å². The Kier molecular flexibility index (Phi) is 6.09. The molecule has 0 radical (unpaired) electrons. The second-order valence-electron chi connectivity index (χ2n) is 8.28. The number of hydrogen-bond acceptors (Lipinski definition) is 3. The molecule has 5 heteroatoms. The number of aliphatic imine (C=N–C) groups is 1. The van der Waals surface area contributed by atoms with Crippen molar-refractivity contribution in [3.05, 3.63) is 125 Å². The van der Waals surface area contributed by atoms with Crippen molar-refractivity contribution >= 4 is 5.90 Å². The Morgan fingerprint density at radius 3 is 2.09 bits per heavy atom. The molecular formula is C29H23F2NO2. The summed E-state index contributed by atoms with van der Waals surface area (Å²) >= 11 is 0. The van der Waals surface area contributed by atoms with Crippen LogP contribution in [0.4, 0.5) is 8.78 Å². The summed E-state index contributed by atoms with van der Waals surface area (Å²) < 4.78 is 39.5. The second kappa shape index (κ2) is 9.48. The highest BCUT2D eigenvalue weighted by molar-refractivity contribution is 5.95. The molecule has 0 aliphatic carbocycles. The molecule has 170 valence electrons. The third-order valence-corrected chi connectivity index (χ3v) is 5.84. The summed E-state index contributed by atoms with van der Waals surface area (Å²) in [6.45, 7) is 2.83. The Bertz CT molecular complexity index is 1290. The van der Waals surface area contributed by atoms with Gasteiger partial charge in [-0.1, -0.05) is 72.3 Å². The van der Waals surface area contributed by atoms with Crippen LogP contribution in [0.15, 0.2) is 96.0 Å². The first-order valence-corrected chi connectivity index (χ1v) is 11.1. The minimum absolute atomic E-state index is 0.00547. The Hall–Kier alpha value is -3.99. The number of rotatable bonds is 6. The number of halogens is 2. The molecular weight excluding hydrogens is 432 g/mol. The molecule has 5 rings (SSSR count). The minimum atomic E-state index is -0.680. The third-order valence-electron chi connectivity index (χ3n) is 5.84. The van der Waals surface area contributed by atoms with Gasteiger partial charge in [-0.15, -0.1) is 0 Å². The SMILES string of the molecule is Cc1ccc(COc2ccc(-c3ccc(C4COC(c5c(F)cccc5F)=N4)cc3)cc2)cc1. The fraction of sp³-hybridized carbons (Fsp3) is 0.138. The van der Waals surface area contributed by atoms with Crippen molar-refractivity contribution in [3.8, 4) is 16.9 Å². The monoisotopic (exact) mass is 455 g/mol. The molecule has 34 heavy (non-hydrogen) atoms. The Labute approximate surface area is 197 Å². The molecule has 1 unspecified atom stereocenters. The molecule has 0 spiro atoms. The topological polar surface area (TPSA) is 30.8 Å². The van der Waals surface area contributed by atoms with E-state index in [-0.39, 0.29) is 24.1 Å². The molecule has 0 aromatic heterocycles. The Balaban J connectivity index is 1.25. The molecule has 0 saturated carbocycles. The van der Waals surface area contributed by atoms with E-state index in [1.807, 2.05) is 48.5 Å². The first kappa shape index (κ1) is 21.8. The lowest BCUT2D eigenvalue weighted by molar-refractivity contribution is 0.306. The van der Waals surface area contributed by atoms with Crippen molar-refractivity contribution in [1.82, 2.24) is 0 Å². The molecule has 4 aromatic rings. The summed E-state index contributed by atoms with van der Waals surface area (Å²) in [7, 11) is 0. The average Bonchev–Trinajstić information content (AvgIpc) is 3.34. The van der Waals surface area contributed by atoms with Crippen LogP contribution >= 0.6 is 0 Å². The van der Waals surface area contributed by atoms with Gasteiger partial charge in [0.05, 0.1) is 0 Å². The van der Waals surface area contributed by atoms with Crippen LogP contribution in [0.1, 0.15) is 28.3 Å².